The maximum atomic E-state index is 10.4. The van der Waals surface area contributed by atoms with Crippen LogP contribution in [0.25, 0.3) is 0 Å². The number of nitrogens with one attached hydrogen (secondary N) is 2. The SMILES string of the molecule is CCC1CCNC(C(O)C2CCCCN2)C1. The molecule has 0 spiro atoms. The van der Waals surface area contributed by atoms with Crippen molar-refractivity contribution in [1.82, 2.24) is 10.6 Å². The van der Waals surface area contributed by atoms with E-state index in [1.165, 1.54) is 25.7 Å². The summed E-state index contributed by atoms with van der Waals surface area (Å²) in [5, 5.41) is 17.3. The van der Waals surface area contributed by atoms with Gasteiger partial charge in [0.2, 0.25) is 0 Å². The fourth-order valence-corrected chi connectivity index (χ4v) is 3.11. The Kier molecular flexibility index (Phi) is 4.62. The van der Waals surface area contributed by atoms with Crippen LogP contribution < -0.4 is 10.6 Å². The maximum Gasteiger partial charge on any atom is 0.0845 e. The van der Waals surface area contributed by atoms with Crippen molar-refractivity contribution in [3.05, 3.63) is 0 Å². The first-order valence-corrected chi connectivity index (χ1v) is 6.96. The summed E-state index contributed by atoms with van der Waals surface area (Å²) in [6, 6.07) is 0.635. The van der Waals surface area contributed by atoms with E-state index in [9.17, 15) is 5.11 Å². The molecule has 2 fully saturated rings. The highest BCUT2D eigenvalue weighted by Crippen LogP contribution is 2.23. The van der Waals surface area contributed by atoms with Crippen LogP contribution in [0, 0.1) is 5.92 Å². The minimum Gasteiger partial charge on any atom is -0.390 e. The third-order valence-corrected chi connectivity index (χ3v) is 4.30. The highest BCUT2D eigenvalue weighted by atomic mass is 16.3. The Morgan fingerprint density at radius 3 is 2.62 bits per heavy atom. The summed E-state index contributed by atoms with van der Waals surface area (Å²) in [5.41, 5.74) is 0. The van der Waals surface area contributed by atoms with Gasteiger partial charge in [-0.3, -0.25) is 0 Å². The Bertz CT molecular complexity index is 204. The topological polar surface area (TPSA) is 44.3 Å². The zero-order chi connectivity index (χ0) is 11.4. The smallest absolute Gasteiger partial charge is 0.0845 e. The molecular weight excluding hydrogens is 200 g/mol. The van der Waals surface area contributed by atoms with Crippen molar-refractivity contribution in [2.75, 3.05) is 13.1 Å². The summed E-state index contributed by atoms with van der Waals surface area (Å²) in [5.74, 6) is 0.810. The average Bonchev–Trinajstić information content (AvgIpc) is 2.39. The average molecular weight is 226 g/mol. The van der Waals surface area contributed by atoms with Gasteiger partial charge in [0.1, 0.15) is 0 Å². The van der Waals surface area contributed by atoms with Gasteiger partial charge in [0.15, 0.2) is 0 Å². The maximum absolute atomic E-state index is 10.4. The van der Waals surface area contributed by atoms with Crippen LogP contribution in [0.4, 0.5) is 0 Å². The second kappa shape index (κ2) is 5.99. The van der Waals surface area contributed by atoms with E-state index in [0.717, 1.165) is 31.8 Å². The molecule has 4 atom stereocenters. The molecule has 2 aliphatic rings. The molecule has 94 valence electrons. The van der Waals surface area contributed by atoms with E-state index in [2.05, 4.69) is 17.6 Å². The fourth-order valence-electron chi connectivity index (χ4n) is 3.11. The summed E-state index contributed by atoms with van der Waals surface area (Å²) in [4.78, 5) is 0. The fraction of sp³-hybridized carbons (Fsp3) is 1.00. The van der Waals surface area contributed by atoms with Crippen molar-refractivity contribution in [3.8, 4) is 0 Å². The van der Waals surface area contributed by atoms with Crippen LogP contribution in [0.15, 0.2) is 0 Å². The predicted octanol–water partition coefficient (Wildman–Crippen LogP) is 1.27. The van der Waals surface area contributed by atoms with Crippen molar-refractivity contribution < 1.29 is 5.11 Å². The molecule has 3 N–H and O–H groups in total. The van der Waals surface area contributed by atoms with Gasteiger partial charge in [-0.25, -0.2) is 0 Å². The summed E-state index contributed by atoms with van der Waals surface area (Å²) in [7, 11) is 0. The van der Waals surface area contributed by atoms with Gasteiger partial charge in [0, 0.05) is 12.1 Å². The van der Waals surface area contributed by atoms with Gasteiger partial charge in [-0.05, 0) is 44.7 Å². The van der Waals surface area contributed by atoms with E-state index in [1.54, 1.807) is 0 Å². The highest BCUT2D eigenvalue weighted by Gasteiger charge is 2.31. The molecule has 2 heterocycles. The van der Waals surface area contributed by atoms with Crippen molar-refractivity contribution in [2.24, 2.45) is 5.92 Å². The molecule has 0 amide bonds. The standard InChI is InChI=1S/C13H26N2O/c1-2-10-6-8-15-12(9-10)13(16)11-5-3-4-7-14-11/h10-16H,2-9H2,1H3. The second-order valence-electron chi connectivity index (χ2n) is 5.41. The molecule has 2 rings (SSSR count). The molecule has 0 aromatic carbocycles. The summed E-state index contributed by atoms with van der Waals surface area (Å²) >= 11 is 0. The quantitative estimate of drug-likeness (QED) is 0.679. The largest absolute Gasteiger partial charge is 0.390 e. The molecule has 0 bridgehead atoms. The second-order valence-corrected chi connectivity index (χ2v) is 5.41. The molecule has 3 nitrogen and oxygen atoms in total. The lowest BCUT2D eigenvalue weighted by molar-refractivity contribution is 0.0551. The van der Waals surface area contributed by atoms with Crippen LogP contribution in [0.3, 0.4) is 0 Å². The van der Waals surface area contributed by atoms with Gasteiger partial charge in [-0.2, -0.15) is 0 Å². The molecule has 0 radical (unpaired) electrons. The minimum atomic E-state index is -0.199. The first-order valence-electron chi connectivity index (χ1n) is 6.96. The Morgan fingerprint density at radius 2 is 1.94 bits per heavy atom. The lowest BCUT2D eigenvalue weighted by atomic mass is 9.84. The molecule has 0 aromatic rings. The van der Waals surface area contributed by atoms with Crippen LogP contribution in [-0.4, -0.2) is 36.4 Å². The normalized spacial score (nSPS) is 38.2. The number of aliphatic hydroxyl groups is 1. The number of piperidine rings is 2. The van der Waals surface area contributed by atoms with E-state index in [4.69, 9.17) is 0 Å². The number of aliphatic hydroxyl groups excluding tert-OH is 1. The van der Waals surface area contributed by atoms with E-state index in [1.807, 2.05) is 0 Å². The first-order chi connectivity index (χ1) is 7.81. The minimum absolute atomic E-state index is 0.199. The zero-order valence-corrected chi connectivity index (χ0v) is 10.4. The lowest BCUT2D eigenvalue weighted by Gasteiger charge is -2.38. The van der Waals surface area contributed by atoms with Crippen molar-refractivity contribution >= 4 is 0 Å². The van der Waals surface area contributed by atoms with Gasteiger partial charge < -0.3 is 15.7 Å². The zero-order valence-electron chi connectivity index (χ0n) is 10.4. The Balaban J connectivity index is 1.84. The number of hydrogen-bond donors (Lipinski definition) is 3. The van der Waals surface area contributed by atoms with Crippen LogP contribution in [0.1, 0.15) is 45.4 Å². The Morgan fingerprint density at radius 1 is 1.12 bits per heavy atom. The third-order valence-electron chi connectivity index (χ3n) is 4.30. The Hall–Kier alpha value is -0.120. The summed E-state index contributed by atoms with van der Waals surface area (Å²) in [6.07, 6.45) is 7.14. The van der Waals surface area contributed by atoms with Crippen LogP contribution in [-0.2, 0) is 0 Å². The van der Waals surface area contributed by atoms with E-state index < -0.39 is 0 Å². The van der Waals surface area contributed by atoms with Gasteiger partial charge >= 0.3 is 0 Å². The van der Waals surface area contributed by atoms with Gasteiger partial charge in [0.25, 0.3) is 0 Å². The molecule has 4 unspecified atom stereocenters. The van der Waals surface area contributed by atoms with Crippen molar-refractivity contribution in [1.29, 1.82) is 0 Å². The van der Waals surface area contributed by atoms with E-state index in [-0.39, 0.29) is 6.10 Å². The van der Waals surface area contributed by atoms with Gasteiger partial charge in [-0.1, -0.05) is 19.8 Å². The summed E-state index contributed by atoms with van der Waals surface area (Å²) < 4.78 is 0. The van der Waals surface area contributed by atoms with E-state index in [0.29, 0.717) is 12.1 Å². The van der Waals surface area contributed by atoms with Crippen molar-refractivity contribution in [2.45, 2.75) is 63.6 Å². The van der Waals surface area contributed by atoms with Crippen molar-refractivity contribution in [3.63, 3.8) is 0 Å². The molecular formula is C13H26N2O. The van der Waals surface area contributed by atoms with Crippen LogP contribution >= 0.6 is 0 Å². The number of hydrogen-bond acceptors (Lipinski definition) is 3. The molecule has 0 saturated carbocycles. The molecule has 2 saturated heterocycles. The monoisotopic (exact) mass is 226 g/mol. The van der Waals surface area contributed by atoms with E-state index >= 15 is 0 Å². The molecule has 3 heteroatoms. The van der Waals surface area contributed by atoms with Crippen LogP contribution in [0.5, 0.6) is 0 Å². The third kappa shape index (κ3) is 2.96. The summed E-state index contributed by atoms with van der Waals surface area (Å²) in [6.45, 7) is 4.41. The Labute approximate surface area is 99.0 Å². The predicted molar refractivity (Wildman–Crippen MR) is 66.5 cm³/mol. The number of rotatable bonds is 3. The lowest BCUT2D eigenvalue weighted by Crippen LogP contribution is -2.55. The highest BCUT2D eigenvalue weighted by molar-refractivity contribution is 4.91. The van der Waals surface area contributed by atoms with Gasteiger partial charge in [-0.15, -0.1) is 0 Å². The van der Waals surface area contributed by atoms with Gasteiger partial charge in [0.05, 0.1) is 6.10 Å². The molecule has 16 heavy (non-hydrogen) atoms. The first kappa shape index (κ1) is 12.3. The molecule has 0 aliphatic carbocycles. The molecule has 2 aliphatic heterocycles. The van der Waals surface area contributed by atoms with Crippen LogP contribution in [0.2, 0.25) is 0 Å². The molecule has 0 aromatic heterocycles.